The Balaban J connectivity index is 1.78. The number of hydrogen-bond acceptors (Lipinski definition) is 5. The molecule has 1 aromatic carbocycles. The van der Waals surface area contributed by atoms with Crippen LogP contribution in [0.25, 0.3) is 0 Å². The molecule has 1 N–H and O–H groups in total. The van der Waals surface area contributed by atoms with Gasteiger partial charge < -0.3 is 10.1 Å². The van der Waals surface area contributed by atoms with E-state index in [1.165, 1.54) is 28.8 Å². The lowest BCUT2D eigenvalue weighted by molar-refractivity contribution is 0.102. The Hall–Kier alpha value is -3.16. The summed E-state index contributed by atoms with van der Waals surface area (Å²) < 4.78 is 6.12. The zero-order valence-corrected chi connectivity index (χ0v) is 13.7. The number of rotatable bonds is 3. The topological polar surface area (TPSA) is 93.5 Å². The predicted octanol–water partition coefficient (Wildman–Crippen LogP) is 1.86. The SMILES string of the molecule is COC(=O)N1CCC[C@H]1n1ccc(NC(=O)c2ccccc2)nc1=O. The van der Waals surface area contributed by atoms with Gasteiger partial charge in [0.1, 0.15) is 12.0 Å². The number of nitrogens with zero attached hydrogens (tertiary/aromatic N) is 3. The fourth-order valence-corrected chi connectivity index (χ4v) is 2.86. The summed E-state index contributed by atoms with van der Waals surface area (Å²) in [5.74, 6) is -0.181. The fraction of sp³-hybridized carbons (Fsp3) is 0.294. The first-order chi connectivity index (χ1) is 12.1. The minimum atomic E-state index is -0.535. The smallest absolute Gasteiger partial charge is 0.411 e. The molecule has 2 amide bonds. The Morgan fingerprint density at radius 1 is 1.24 bits per heavy atom. The van der Waals surface area contributed by atoms with Crippen molar-refractivity contribution in [2.24, 2.45) is 0 Å². The maximum absolute atomic E-state index is 12.3. The molecule has 0 aliphatic carbocycles. The molecule has 8 nitrogen and oxygen atoms in total. The Kier molecular flexibility index (Phi) is 4.78. The average molecular weight is 342 g/mol. The highest BCUT2D eigenvalue weighted by Gasteiger charge is 2.31. The summed E-state index contributed by atoms with van der Waals surface area (Å²) in [7, 11) is 1.31. The van der Waals surface area contributed by atoms with Crippen LogP contribution in [0.15, 0.2) is 47.4 Å². The Bertz CT molecular complexity index is 834. The van der Waals surface area contributed by atoms with Gasteiger partial charge in [-0.3, -0.25) is 14.3 Å². The van der Waals surface area contributed by atoms with Crippen LogP contribution in [0.3, 0.4) is 0 Å². The van der Waals surface area contributed by atoms with Gasteiger partial charge >= 0.3 is 11.8 Å². The third-order valence-corrected chi connectivity index (χ3v) is 4.06. The quantitative estimate of drug-likeness (QED) is 0.919. The lowest BCUT2D eigenvalue weighted by Crippen LogP contribution is -2.38. The Morgan fingerprint density at radius 2 is 2.00 bits per heavy atom. The molecule has 1 aliphatic heterocycles. The molecule has 0 unspecified atom stereocenters. The number of hydrogen-bond donors (Lipinski definition) is 1. The van der Waals surface area contributed by atoms with Crippen molar-refractivity contribution in [1.82, 2.24) is 14.5 Å². The lowest BCUT2D eigenvalue weighted by atomic mass is 10.2. The molecular formula is C17H18N4O4. The van der Waals surface area contributed by atoms with Crippen molar-refractivity contribution in [2.75, 3.05) is 19.0 Å². The highest BCUT2D eigenvalue weighted by atomic mass is 16.5. The van der Waals surface area contributed by atoms with Crippen molar-refractivity contribution in [3.05, 3.63) is 58.6 Å². The highest BCUT2D eigenvalue weighted by Crippen LogP contribution is 2.26. The van der Waals surface area contributed by atoms with Crippen LogP contribution < -0.4 is 11.0 Å². The van der Waals surface area contributed by atoms with Gasteiger partial charge in [0.25, 0.3) is 5.91 Å². The number of amides is 2. The van der Waals surface area contributed by atoms with E-state index in [4.69, 9.17) is 4.74 Å². The molecule has 1 fully saturated rings. The van der Waals surface area contributed by atoms with E-state index in [0.717, 1.165) is 6.42 Å². The zero-order chi connectivity index (χ0) is 17.8. The van der Waals surface area contributed by atoms with Crippen LogP contribution in [0, 0.1) is 0 Å². The number of carbonyl (C=O) groups is 2. The summed E-state index contributed by atoms with van der Waals surface area (Å²) in [5.41, 5.74) is -0.0622. The van der Waals surface area contributed by atoms with Gasteiger partial charge in [-0.1, -0.05) is 18.2 Å². The molecule has 1 atom stereocenters. The number of nitrogens with one attached hydrogen (secondary N) is 1. The maximum atomic E-state index is 12.3. The molecule has 0 spiro atoms. The van der Waals surface area contributed by atoms with Gasteiger partial charge in [-0.15, -0.1) is 0 Å². The standard InChI is InChI=1S/C17H18N4O4/c1-25-17(24)21-10-5-8-14(21)20-11-9-13(19-16(20)23)18-15(22)12-6-3-2-4-7-12/h2-4,6-7,9,11,14H,5,8,10H2,1H3,(H,18,19,22,23)/t14-/m0/s1. The van der Waals surface area contributed by atoms with Crippen LogP contribution >= 0.6 is 0 Å². The fourth-order valence-electron chi connectivity index (χ4n) is 2.86. The molecule has 0 saturated carbocycles. The van der Waals surface area contributed by atoms with Crippen LogP contribution in [0.2, 0.25) is 0 Å². The van der Waals surface area contributed by atoms with Crippen molar-refractivity contribution >= 4 is 17.8 Å². The number of likely N-dealkylation sites (tertiary alicyclic amines) is 1. The van der Waals surface area contributed by atoms with Gasteiger partial charge in [0.15, 0.2) is 0 Å². The number of carbonyl (C=O) groups excluding carboxylic acids is 2. The van der Waals surface area contributed by atoms with E-state index in [2.05, 4.69) is 10.3 Å². The molecule has 1 aromatic heterocycles. The summed E-state index contributed by atoms with van der Waals surface area (Å²) in [6.07, 6.45) is 2.05. The molecule has 0 bridgehead atoms. The molecule has 8 heteroatoms. The summed E-state index contributed by atoms with van der Waals surface area (Å²) in [6, 6.07) is 10.2. The molecule has 25 heavy (non-hydrogen) atoms. The molecule has 130 valence electrons. The molecule has 2 aromatic rings. The molecule has 2 heterocycles. The molecular weight excluding hydrogens is 324 g/mol. The Labute approximate surface area is 144 Å². The van der Waals surface area contributed by atoms with E-state index in [9.17, 15) is 14.4 Å². The van der Waals surface area contributed by atoms with Gasteiger partial charge in [0.2, 0.25) is 0 Å². The largest absolute Gasteiger partial charge is 0.453 e. The third-order valence-electron chi connectivity index (χ3n) is 4.06. The second kappa shape index (κ2) is 7.16. The molecule has 3 rings (SSSR count). The zero-order valence-electron chi connectivity index (χ0n) is 13.7. The van der Waals surface area contributed by atoms with Crippen molar-refractivity contribution in [1.29, 1.82) is 0 Å². The van der Waals surface area contributed by atoms with Gasteiger partial charge in [0.05, 0.1) is 7.11 Å². The van der Waals surface area contributed by atoms with E-state index in [-0.39, 0.29) is 11.7 Å². The molecule has 1 saturated heterocycles. The third kappa shape index (κ3) is 3.52. The average Bonchev–Trinajstić information content (AvgIpc) is 3.11. The number of methoxy groups -OCH3 is 1. The maximum Gasteiger partial charge on any atom is 0.411 e. The van der Waals surface area contributed by atoms with Crippen LogP contribution in [-0.2, 0) is 4.74 Å². The minimum absolute atomic E-state index is 0.165. The summed E-state index contributed by atoms with van der Waals surface area (Å²) in [6.45, 7) is 0.524. The molecule has 0 radical (unpaired) electrons. The lowest BCUT2D eigenvalue weighted by Gasteiger charge is -2.24. The number of ether oxygens (including phenoxy) is 1. The number of aromatic nitrogens is 2. The first-order valence-corrected chi connectivity index (χ1v) is 7.90. The summed E-state index contributed by atoms with van der Waals surface area (Å²) >= 11 is 0. The number of anilines is 1. The van der Waals surface area contributed by atoms with Crippen molar-refractivity contribution in [3.8, 4) is 0 Å². The van der Waals surface area contributed by atoms with Crippen LogP contribution in [0.4, 0.5) is 10.6 Å². The van der Waals surface area contributed by atoms with Crippen LogP contribution in [0.1, 0.15) is 29.4 Å². The van der Waals surface area contributed by atoms with E-state index in [1.807, 2.05) is 6.07 Å². The first-order valence-electron chi connectivity index (χ1n) is 7.90. The van der Waals surface area contributed by atoms with Crippen molar-refractivity contribution in [2.45, 2.75) is 19.0 Å². The van der Waals surface area contributed by atoms with Crippen LogP contribution in [0.5, 0.6) is 0 Å². The van der Waals surface area contributed by atoms with Gasteiger partial charge in [0, 0.05) is 18.3 Å². The minimum Gasteiger partial charge on any atom is -0.453 e. The summed E-state index contributed by atoms with van der Waals surface area (Å²) in [5, 5.41) is 2.59. The first kappa shape index (κ1) is 16.7. The second-order valence-corrected chi connectivity index (χ2v) is 5.61. The van der Waals surface area contributed by atoms with Crippen LogP contribution in [-0.4, -0.2) is 40.1 Å². The normalized spacial score (nSPS) is 16.5. The van der Waals surface area contributed by atoms with E-state index >= 15 is 0 Å². The second-order valence-electron chi connectivity index (χ2n) is 5.61. The Morgan fingerprint density at radius 3 is 2.68 bits per heavy atom. The summed E-state index contributed by atoms with van der Waals surface area (Å²) in [4.78, 5) is 41.6. The van der Waals surface area contributed by atoms with E-state index in [1.54, 1.807) is 24.3 Å². The monoisotopic (exact) mass is 342 g/mol. The van der Waals surface area contributed by atoms with E-state index in [0.29, 0.717) is 18.5 Å². The van der Waals surface area contributed by atoms with Crippen molar-refractivity contribution < 1.29 is 14.3 Å². The van der Waals surface area contributed by atoms with Gasteiger partial charge in [-0.05, 0) is 31.0 Å². The number of benzene rings is 1. The van der Waals surface area contributed by atoms with Gasteiger partial charge in [-0.25, -0.2) is 9.59 Å². The van der Waals surface area contributed by atoms with Gasteiger partial charge in [-0.2, -0.15) is 4.98 Å². The van der Waals surface area contributed by atoms with E-state index < -0.39 is 17.9 Å². The highest BCUT2D eigenvalue weighted by molar-refractivity contribution is 6.03. The van der Waals surface area contributed by atoms with Crippen molar-refractivity contribution in [3.63, 3.8) is 0 Å². The molecule has 1 aliphatic rings. The predicted molar refractivity (Wildman–Crippen MR) is 90.3 cm³/mol.